The third-order valence-corrected chi connectivity index (χ3v) is 5.40. The van der Waals surface area contributed by atoms with Gasteiger partial charge in [-0.15, -0.1) is 0 Å². The summed E-state index contributed by atoms with van der Waals surface area (Å²) in [5, 5.41) is 2.58. The van der Waals surface area contributed by atoms with E-state index in [4.69, 9.17) is 14.2 Å². The molecule has 196 valence electrons. The molecule has 2 aromatic carbocycles. The maximum Gasteiger partial charge on any atom is 0.338 e. The fraction of sp³-hybridized carbons (Fsp3) is 0.370. The highest BCUT2D eigenvalue weighted by atomic mass is 16.5. The summed E-state index contributed by atoms with van der Waals surface area (Å²) in [5.41, 5.74) is 1.69. The average molecular weight is 511 g/mol. The third-order valence-electron chi connectivity index (χ3n) is 5.40. The smallest absolute Gasteiger partial charge is 0.338 e. The lowest BCUT2D eigenvalue weighted by Gasteiger charge is -2.17. The number of esters is 3. The van der Waals surface area contributed by atoms with Crippen LogP contribution < -0.4 is 10.2 Å². The van der Waals surface area contributed by atoms with Gasteiger partial charge in [-0.25, -0.2) is 9.59 Å². The van der Waals surface area contributed by atoms with Gasteiger partial charge in [-0.3, -0.25) is 14.4 Å². The summed E-state index contributed by atoms with van der Waals surface area (Å²) in [6.07, 6.45) is 0.422. The Morgan fingerprint density at radius 3 is 2.19 bits per heavy atom. The van der Waals surface area contributed by atoms with Crippen molar-refractivity contribution in [2.45, 2.75) is 39.7 Å². The first-order chi connectivity index (χ1) is 17.7. The Balaban J connectivity index is 1.48. The van der Waals surface area contributed by atoms with Crippen LogP contribution in [0.5, 0.6) is 0 Å². The molecule has 0 aliphatic carbocycles. The van der Waals surface area contributed by atoms with E-state index in [1.54, 1.807) is 50.2 Å². The van der Waals surface area contributed by atoms with Gasteiger partial charge in [0.05, 0.1) is 29.8 Å². The summed E-state index contributed by atoms with van der Waals surface area (Å²) in [6, 6.07) is 12.5. The molecule has 10 heteroatoms. The molecule has 1 heterocycles. The second-order valence-electron chi connectivity index (χ2n) is 8.78. The molecule has 1 unspecified atom stereocenters. The molecule has 37 heavy (non-hydrogen) atoms. The molecule has 1 saturated heterocycles. The Kier molecular flexibility index (Phi) is 9.37. The molecular weight excluding hydrogens is 480 g/mol. The van der Waals surface area contributed by atoms with Gasteiger partial charge >= 0.3 is 17.9 Å². The maximum absolute atomic E-state index is 12.5. The summed E-state index contributed by atoms with van der Waals surface area (Å²) in [7, 11) is 0. The second kappa shape index (κ2) is 12.7. The average Bonchev–Trinajstić information content (AvgIpc) is 3.27. The fourth-order valence-electron chi connectivity index (χ4n) is 3.59. The van der Waals surface area contributed by atoms with E-state index in [9.17, 15) is 24.0 Å². The number of amides is 2. The van der Waals surface area contributed by atoms with Gasteiger partial charge < -0.3 is 24.4 Å². The number of nitrogens with zero attached hydrogens (tertiary/aromatic N) is 1. The normalized spacial score (nSPS) is 14.9. The molecule has 0 bridgehead atoms. The third kappa shape index (κ3) is 7.63. The standard InChI is InChI=1S/C27H30N2O8/c1-4-13-35-25(32)18-5-9-21(10-6-18)28-23(30)16-36-26(33)20-14-24(31)29(15-20)22-11-7-19(8-12-22)27(34)37-17(2)3/h5-12,17,20H,4,13-16H2,1-3H3,(H,28,30). The fourth-order valence-corrected chi connectivity index (χ4v) is 3.59. The van der Waals surface area contributed by atoms with Gasteiger partial charge in [0.2, 0.25) is 5.91 Å². The quantitative estimate of drug-likeness (QED) is 0.381. The molecule has 1 N–H and O–H groups in total. The summed E-state index contributed by atoms with van der Waals surface area (Å²) in [5.74, 6) is -3.10. The van der Waals surface area contributed by atoms with Crippen molar-refractivity contribution in [1.29, 1.82) is 0 Å². The Morgan fingerprint density at radius 1 is 0.946 bits per heavy atom. The Labute approximate surface area is 214 Å². The number of carbonyl (C=O) groups is 5. The highest BCUT2D eigenvalue weighted by Gasteiger charge is 2.36. The van der Waals surface area contributed by atoms with E-state index in [2.05, 4.69) is 5.32 Å². The number of anilines is 2. The summed E-state index contributed by atoms with van der Waals surface area (Å²) < 4.78 is 15.3. The van der Waals surface area contributed by atoms with Crippen LogP contribution in [-0.4, -0.2) is 55.6 Å². The minimum Gasteiger partial charge on any atom is -0.462 e. The van der Waals surface area contributed by atoms with Crippen molar-refractivity contribution < 1.29 is 38.2 Å². The number of ether oxygens (including phenoxy) is 3. The minimum absolute atomic E-state index is 0.0484. The van der Waals surface area contributed by atoms with Crippen molar-refractivity contribution in [1.82, 2.24) is 0 Å². The van der Waals surface area contributed by atoms with Crippen LogP contribution in [0.25, 0.3) is 0 Å². The van der Waals surface area contributed by atoms with E-state index in [0.29, 0.717) is 29.1 Å². The monoisotopic (exact) mass is 510 g/mol. The molecule has 3 rings (SSSR count). The van der Waals surface area contributed by atoms with Crippen LogP contribution in [0.2, 0.25) is 0 Å². The van der Waals surface area contributed by atoms with Gasteiger partial charge in [0.15, 0.2) is 6.61 Å². The van der Waals surface area contributed by atoms with E-state index in [0.717, 1.165) is 6.42 Å². The summed E-state index contributed by atoms with van der Waals surface area (Å²) >= 11 is 0. The molecule has 1 aliphatic heterocycles. The topological polar surface area (TPSA) is 128 Å². The van der Waals surface area contributed by atoms with E-state index in [-0.39, 0.29) is 25.0 Å². The van der Waals surface area contributed by atoms with Gasteiger partial charge in [0, 0.05) is 24.3 Å². The van der Waals surface area contributed by atoms with Crippen molar-refractivity contribution in [3.05, 3.63) is 59.7 Å². The van der Waals surface area contributed by atoms with Gasteiger partial charge in [0.1, 0.15) is 0 Å². The van der Waals surface area contributed by atoms with Crippen molar-refractivity contribution >= 4 is 41.1 Å². The number of rotatable bonds is 10. The van der Waals surface area contributed by atoms with Crippen LogP contribution in [0.1, 0.15) is 54.3 Å². The summed E-state index contributed by atoms with van der Waals surface area (Å²) in [6.45, 7) is 5.31. The Hall–Kier alpha value is -4.21. The van der Waals surface area contributed by atoms with Crippen molar-refractivity contribution in [3.8, 4) is 0 Å². The van der Waals surface area contributed by atoms with Crippen LogP contribution >= 0.6 is 0 Å². The van der Waals surface area contributed by atoms with E-state index >= 15 is 0 Å². The maximum atomic E-state index is 12.5. The van der Waals surface area contributed by atoms with Crippen molar-refractivity contribution in [3.63, 3.8) is 0 Å². The first kappa shape index (κ1) is 27.4. The van der Waals surface area contributed by atoms with Crippen molar-refractivity contribution in [2.24, 2.45) is 5.92 Å². The number of hydrogen-bond acceptors (Lipinski definition) is 8. The predicted octanol–water partition coefficient (Wildman–Crippen LogP) is 3.35. The van der Waals surface area contributed by atoms with E-state index in [1.165, 1.54) is 17.0 Å². The number of nitrogens with one attached hydrogen (secondary N) is 1. The molecule has 0 saturated carbocycles. The molecule has 1 fully saturated rings. The molecule has 1 aliphatic rings. The number of carbonyl (C=O) groups excluding carboxylic acids is 5. The molecule has 1 atom stereocenters. The Bertz CT molecular complexity index is 1140. The van der Waals surface area contributed by atoms with Gasteiger partial charge in [-0.05, 0) is 68.8 Å². The first-order valence-electron chi connectivity index (χ1n) is 12.0. The number of benzene rings is 2. The lowest BCUT2D eigenvalue weighted by Crippen LogP contribution is -2.28. The molecule has 0 aromatic heterocycles. The zero-order valence-corrected chi connectivity index (χ0v) is 21.0. The van der Waals surface area contributed by atoms with Gasteiger partial charge in [0.25, 0.3) is 5.91 Å². The van der Waals surface area contributed by atoms with Crippen LogP contribution in [-0.2, 0) is 28.6 Å². The van der Waals surface area contributed by atoms with Crippen LogP contribution in [0.15, 0.2) is 48.5 Å². The van der Waals surface area contributed by atoms with Crippen molar-refractivity contribution in [2.75, 3.05) is 30.0 Å². The van der Waals surface area contributed by atoms with Crippen LogP contribution in [0.3, 0.4) is 0 Å². The second-order valence-corrected chi connectivity index (χ2v) is 8.78. The minimum atomic E-state index is -0.723. The Morgan fingerprint density at radius 2 is 1.57 bits per heavy atom. The predicted molar refractivity (Wildman–Crippen MR) is 134 cm³/mol. The lowest BCUT2D eigenvalue weighted by atomic mass is 10.1. The molecule has 2 aromatic rings. The van der Waals surface area contributed by atoms with Crippen LogP contribution in [0.4, 0.5) is 11.4 Å². The molecular formula is C27H30N2O8. The van der Waals surface area contributed by atoms with Crippen LogP contribution in [0, 0.1) is 5.92 Å². The summed E-state index contributed by atoms with van der Waals surface area (Å²) in [4.78, 5) is 62.4. The molecule has 0 spiro atoms. The zero-order chi connectivity index (χ0) is 26.9. The number of hydrogen-bond donors (Lipinski definition) is 1. The first-order valence-corrected chi connectivity index (χ1v) is 12.0. The zero-order valence-electron chi connectivity index (χ0n) is 21.0. The van der Waals surface area contributed by atoms with Gasteiger partial charge in [-0.1, -0.05) is 6.92 Å². The highest BCUT2D eigenvalue weighted by Crippen LogP contribution is 2.26. The lowest BCUT2D eigenvalue weighted by molar-refractivity contribution is -0.151. The largest absolute Gasteiger partial charge is 0.462 e. The molecule has 0 radical (unpaired) electrons. The molecule has 10 nitrogen and oxygen atoms in total. The van der Waals surface area contributed by atoms with E-state index in [1.807, 2.05) is 6.92 Å². The van der Waals surface area contributed by atoms with E-state index < -0.39 is 36.3 Å². The molecule has 2 amide bonds. The SMILES string of the molecule is CCCOC(=O)c1ccc(NC(=O)COC(=O)C2CC(=O)N(c3ccc(C(=O)OC(C)C)cc3)C2)cc1. The highest BCUT2D eigenvalue weighted by molar-refractivity contribution is 6.00. The van der Waals surface area contributed by atoms with Gasteiger partial charge in [-0.2, -0.15) is 0 Å².